The van der Waals surface area contributed by atoms with Gasteiger partial charge in [0.05, 0.1) is 35.1 Å². The Labute approximate surface area is 217 Å². The van der Waals surface area contributed by atoms with Crippen molar-refractivity contribution in [2.75, 3.05) is 17.1 Å². The third kappa shape index (κ3) is 6.25. The normalized spacial score (nSPS) is 17.4. The molecule has 1 aliphatic rings. The summed E-state index contributed by atoms with van der Waals surface area (Å²) in [6.07, 6.45) is 6.78. The number of anilines is 2. The van der Waals surface area contributed by atoms with E-state index >= 15 is 4.39 Å². The Bertz CT molecular complexity index is 1450. The van der Waals surface area contributed by atoms with Gasteiger partial charge in [0, 0.05) is 24.6 Å². The number of nitrogens with zero attached hydrogens (tertiary/aromatic N) is 3. The minimum Gasteiger partial charge on any atom is -0.480 e. The largest absolute Gasteiger partial charge is 0.480 e. The highest BCUT2D eigenvalue weighted by Gasteiger charge is 2.26. The van der Waals surface area contributed by atoms with E-state index in [2.05, 4.69) is 32.1 Å². The molecule has 9 nitrogen and oxygen atoms in total. The van der Waals surface area contributed by atoms with E-state index in [0.29, 0.717) is 24.4 Å². The summed E-state index contributed by atoms with van der Waals surface area (Å²) < 4.78 is 62.2. The van der Waals surface area contributed by atoms with Gasteiger partial charge in [-0.15, -0.1) is 0 Å². The topological polar surface area (TPSA) is 126 Å². The molecule has 0 spiro atoms. The van der Waals surface area contributed by atoms with Crippen LogP contribution < -0.4 is 14.8 Å². The molecule has 2 aromatic heterocycles. The van der Waals surface area contributed by atoms with Gasteiger partial charge in [0.25, 0.3) is 10.0 Å². The lowest BCUT2D eigenvalue weighted by molar-refractivity contribution is 0.126. The number of ether oxygens (including phenoxy) is 1. The molecule has 0 bridgehead atoms. The Morgan fingerprint density at radius 2 is 1.78 bits per heavy atom. The van der Waals surface area contributed by atoms with E-state index in [1.165, 1.54) is 31.8 Å². The number of sulfonamides is 1. The molecule has 0 aliphatic heterocycles. The standard InChI is InChI=1S/C24H22ClF2N5O4S/c1-36-23-22(18(25)10-11-28-23)37(34,35)32-20-9-8-19(26)17(21(20)27)7-2-14-12-29-24(30-13-14)31-15-3-5-16(33)6-4-15/h8-13,15-16,32-33H,3-6H2,1H3,(H,29,30,31). The average Bonchev–Trinajstić information content (AvgIpc) is 2.87. The van der Waals surface area contributed by atoms with Gasteiger partial charge < -0.3 is 15.2 Å². The van der Waals surface area contributed by atoms with Crippen LogP contribution in [0.1, 0.15) is 36.8 Å². The van der Waals surface area contributed by atoms with E-state index in [0.717, 1.165) is 25.0 Å². The molecule has 0 saturated heterocycles. The fraction of sp³-hybridized carbons (Fsp3) is 0.292. The van der Waals surface area contributed by atoms with Gasteiger partial charge in [-0.25, -0.2) is 32.2 Å². The number of aliphatic hydroxyl groups excluding tert-OH is 1. The number of hydrogen-bond acceptors (Lipinski definition) is 8. The molecule has 13 heteroatoms. The van der Waals surface area contributed by atoms with Crippen molar-refractivity contribution in [3.63, 3.8) is 0 Å². The highest BCUT2D eigenvalue weighted by atomic mass is 35.5. The van der Waals surface area contributed by atoms with E-state index in [-0.39, 0.29) is 23.0 Å². The number of aliphatic hydroxyl groups is 1. The third-order valence-electron chi connectivity index (χ3n) is 5.63. The van der Waals surface area contributed by atoms with E-state index < -0.39 is 37.8 Å². The molecule has 0 amide bonds. The number of rotatable bonds is 6. The summed E-state index contributed by atoms with van der Waals surface area (Å²) in [7, 11) is -3.24. The third-order valence-corrected chi connectivity index (χ3v) is 7.48. The van der Waals surface area contributed by atoms with Crippen LogP contribution in [0.25, 0.3) is 0 Å². The van der Waals surface area contributed by atoms with Crippen LogP contribution in [0.15, 0.2) is 41.7 Å². The zero-order valence-corrected chi connectivity index (χ0v) is 21.1. The number of benzene rings is 1. The quantitative estimate of drug-likeness (QED) is 0.397. The van der Waals surface area contributed by atoms with Gasteiger partial charge in [-0.05, 0) is 43.9 Å². The zero-order valence-electron chi connectivity index (χ0n) is 19.5. The summed E-state index contributed by atoms with van der Waals surface area (Å²) in [5.74, 6) is 2.85. The van der Waals surface area contributed by atoms with Crippen molar-refractivity contribution in [2.45, 2.75) is 42.7 Å². The number of methoxy groups -OCH3 is 1. The van der Waals surface area contributed by atoms with Crippen LogP contribution in [-0.4, -0.2) is 47.7 Å². The molecule has 0 atom stereocenters. The van der Waals surface area contributed by atoms with Gasteiger partial charge in [0.2, 0.25) is 11.8 Å². The molecule has 1 aliphatic carbocycles. The Hall–Kier alpha value is -3.53. The smallest absolute Gasteiger partial charge is 0.268 e. The first kappa shape index (κ1) is 26.5. The van der Waals surface area contributed by atoms with E-state index in [1.54, 1.807) is 0 Å². The van der Waals surface area contributed by atoms with Gasteiger partial charge in [-0.2, -0.15) is 0 Å². The van der Waals surface area contributed by atoms with Crippen molar-refractivity contribution in [1.82, 2.24) is 15.0 Å². The van der Waals surface area contributed by atoms with Crippen LogP contribution in [0.3, 0.4) is 0 Å². The Morgan fingerprint density at radius 1 is 1.08 bits per heavy atom. The molecule has 2 heterocycles. The van der Waals surface area contributed by atoms with Crippen LogP contribution in [0.4, 0.5) is 20.4 Å². The van der Waals surface area contributed by atoms with Gasteiger partial charge in [0.1, 0.15) is 5.82 Å². The monoisotopic (exact) mass is 549 g/mol. The molecule has 37 heavy (non-hydrogen) atoms. The van der Waals surface area contributed by atoms with Crippen molar-refractivity contribution < 1.29 is 27.0 Å². The predicted octanol–water partition coefficient (Wildman–Crippen LogP) is 3.73. The summed E-state index contributed by atoms with van der Waals surface area (Å²) >= 11 is 6.00. The predicted molar refractivity (Wildman–Crippen MR) is 133 cm³/mol. The molecule has 194 valence electrons. The fourth-order valence-corrected chi connectivity index (χ4v) is 5.42. The van der Waals surface area contributed by atoms with Crippen molar-refractivity contribution in [3.05, 3.63) is 64.6 Å². The molecular formula is C24H22ClF2N5O4S. The average molecular weight is 550 g/mol. The minimum absolute atomic E-state index is 0.150. The number of pyridine rings is 1. The van der Waals surface area contributed by atoms with Crippen molar-refractivity contribution in [1.29, 1.82) is 0 Å². The highest BCUT2D eigenvalue weighted by Crippen LogP contribution is 2.31. The molecule has 1 fully saturated rings. The zero-order chi connectivity index (χ0) is 26.6. The first-order chi connectivity index (χ1) is 17.7. The van der Waals surface area contributed by atoms with Crippen molar-refractivity contribution in [3.8, 4) is 17.7 Å². The molecule has 1 saturated carbocycles. The van der Waals surface area contributed by atoms with E-state index in [1.807, 2.05) is 4.72 Å². The van der Waals surface area contributed by atoms with Crippen LogP contribution in [-0.2, 0) is 10.0 Å². The minimum atomic E-state index is -4.45. The first-order valence-electron chi connectivity index (χ1n) is 11.2. The summed E-state index contributed by atoms with van der Waals surface area (Å²) in [5, 5.41) is 12.6. The lowest BCUT2D eigenvalue weighted by Gasteiger charge is -2.25. The summed E-state index contributed by atoms with van der Waals surface area (Å²) in [4.78, 5) is 11.7. The molecule has 1 aromatic carbocycles. The molecule has 3 N–H and O–H groups in total. The van der Waals surface area contributed by atoms with Gasteiger partial charge >= 0.3 is 0 Å². The molecule has 3 aromatic rings. The first-order valence-corrected chi connectivity index (χ1v) is 13.0. The van der Waals surface area contributed by atoms with Crippen LogP contribution in [0, 0.1) is 23.5 Å². The lowest BCUT2D eigenvalue weighted by atomic mass is 9.93. The number of nitrogens with one attached hydrogen (secondary N) is 2. The molecule has 4 rings (SSSR count). The second kappa shape index (κ2) is 11.2. The maximum absolute atomic E-state index is 15.1. The number of halogens is 3. The van der Waals surface area contributed by atoms with Gasteiger partial charge in [0.15, 0.2) is 10.7 Å². The van der Waals surface area contributed by atoms with Crippen LogP contribution in [0.5, 0.6) is 5.88 Å². The lowest BCUT2D eigenvalue weighted by Crippen LogP contribution is -2.28. The Kier molecular flexibility index (Phi) is 8.06. The van der Waals surface area contributed by atoms with E-state index in [4.69, 9.17) is 16.3 Å². The number of aromatic nitrogens is 3. The second-order valence-corrected chi connectivity index (χ2v) is 10.2. The van der Waals surface area contributed by atoms with Crippen molar-refractivity contribution >= 4 is 33.3 Å². The Balaban J connectivity index is 1.54. The molecule has 0 radical (unpaired) electrons. The van der Waals surface area contributed by atoms with Gasteiger partial charge in [-0.3, -0.25) is 4.72 Å². The van der Waals surface area contributed by atoms with Crippen LogP contribution >= 0.6 is 11.6 Å². The SMILES string of the molecule is COc1nccc(Cl)c1S(=O)(=O)Nc1ccc(F)c(C#Cc2cnc(NC3CCC(O)CC3)nc2)c1F. The van der Waals surface area contributed by atoms with Crippen LogP contribution in [0.2, 0.25) is 5.02 Å². The van der Waals surface area contributed by atoms with E-state index in [9.17, 15) is 17.9 Å². The van der Waals surface area contributed by atoms with Crippen molar-refractivity contribution in [2.24, 2.45) is 0 Å². The number of hydrogen-bond donors (Lipinski definition) is 3. The second-order valence-electron chi connectivity index (χ2n) is 8.22. The fourth-order valence-electron chi connectivity index (χ4n) is 3.74. The maximum Gasteiger partial charge on any atom is 0.268 e. The maximum atomic E-state index is 15.1. The Morgan fingerprint density at radius 3 is 2.46 bits per heavy atom. The molecule has 0 unspecified atom stereocenters. The summed E-state index contributed by atoms with van der Waals surface area (Å²) in [6.45, 7) is 0. The van der Waals surface area contributed by atoms with Gasteiger partial charge in [-0.1, -0.05) is 23.4 Å². The summed E-state index contributed by atoms with van der Waals surface area (Å²) in [6, 6.07) is 3.20. The summed E-state index contributed by atoms with van der Waals surface area (Å²) in [5.41, 5.74) is -0.894. The highest BCUT2D eigenvalue weighted by molar-refractivity contribution is 7.93. The molecular weight excluding hydrogens is 528 g/mol.